The maximum Gasteiger partial charge on any atom is 0.263 e. The summed E-state index contributed by atoms with van der Waals surface area (Å²) in [6.07, 6.45) is 0. The number of carbonyl (C=O) groups is 1. The van der Waals surface area contributed by atoms with Gasteiger partial charge in [0.25, 0.3) is 15.9 Å². The van der Waals surface area contributed by atoms with Crippen LogP contribution in [0.1, 0.15) is 32.6 Å². The summed E-state index contributed by atoms with van der Waals surface area (Å²) in [6, 6.07) is 6.94. The van der Waals surface area contributed by atoms with E-state index in [0.717, 1.165) is 11.1 Å². The van der Waals surface area contributed by atoms with Crippen LogP contribution in [-0.2, 0) is 10.0 Å². The maximum atomic E-state index is 12.6. The third-order valence-electron chi connectivity index (χ3n) is 3.35. The van der Waals surface area contributed by atoms with Crippen molar-refractivity contribution < 1.29 is 13.2 Å². The molecule has 0 saturated carbocycles. The summed E-state index contributed by atoms with van der Waals surface area (Å²) in [6.45, 7) is 7.82. The highest BCUT2D eigenvalue weighted by Gasteiger charge is 2.22. The smallest absolute Gasteiger partial charge is 0.263 e. The highest BCUT2D eigenvalue weighted by molar-refractivity contribution is 7.93. The summed E-state index contributed by atoms with van der Waals surface area (Å²) < 4.78 is 27.8. The summed E-state index contributed by atoms with van der Waals surface area (Å²) in [5.74, 6) is -0.256. The first-order valence-corrected chi connectivity index (χ1v) is 9.53. The van der Waals surface area contributed by atoms with Crippen molar-refractivity contribution in [3.63, 3.8) is 0 Å². The molecule has 2 rings (SSSR count). The second-order valence-corrected chi connectivity index (χ2v) is 8.22. The summed E-state index contributed by atoms with van der Waals surface area (Å²) >= 11 is 1.18. The highest BCUT2D eigenvalue weighted by atomic mass is 32.2. The number of anilines is 1. The molecule has 0 unspecified atom stereocenters. The van der Waals surface area contributed by atoms with Gasteiger partial charge in [0.15, 0.2) is 0 Å². The van der Waals surface area contributed by atoms with Crippen LogP contribution in [0.5, 0.6) is 0 Å². The molecular weight excluding hydrogens is 332 g/mol. The zero-order valence-corrected chi connectivity index (χ0v) is 15.2. The fourth-order valence-corrected chi connectivity index (χ4v) is 4.86. The molecule has 2 aromatic rings. The van der Waals surface area contributed by atoms with Crippen LogP contribution in [0, 0.1) is 20.8 Å². The molecule has 124 valence electrons. The molecule has 23 heavy (non-hydrogen) atoms. The molecule has 0 bridgehead atoms. The van der Waals surface area contributed by atoms with E-state index in [4.69, 9.17) is 0 Å². The minimum Gasteiger partial charge on any atom is -0.352 e. The van der Waals surface area contributed by atoms with Crippen LogP contribution in [0.3, 0.4) is 0 Å². The number of thiophene rings is 1. The third kappa shape index (κ3) is 3.92. The van der Waals surface area contributed by atoms with E-state index < -0.39 is 10.0 Å². The summed E-state index contributed by atoms with van der Waals surface area (Å²) in [5.41, 5.74) is 2.46. The zero-order chi connectivity index (χ0) is 17.2. The molecule has 1 heterocycles. The standard InChI is InChI=1S/C16H20N2O3S2/c1-5-17-16(19)14-9-15(12(4)22-14)23(20,21)18-13-7-6-10(2)8-11(13)3/h6-9,18H,5H2,1-4H3,(H,17,19). The third-order valence-corrected chi connectivity index (χ3v) is 6.02. The lowest BCUT2D eigenvalue weighted by Crippen LogP contribution is -2.21. The SMILES string of the molecule is CCNC(=O)c1cc(S(=O)(=O)Nc2ccc(C)cc2C)c(C)s1. The lowest BCUT2D eigenvalue weighted by Gasteiger charge is -2.10. The Morgan fingerprint density at radius 3 is 2.48 bits per heavy atom. The second kappa shape index (κ2) is 6.72. The van der Waals surface area contributed by atoms with Crippen molar-refractivity contribution in [3.8, 4) is 0 Å². The average Bonchev–Trinajstić information content (AvgIpc) is 2.85. The lowest BCUT2D eigenvalue weighted by atomic mass is 10.1. The van der Waals surface area contributed by atoms with Gasteiger partial charge in [0, 0.05) is 11.4 Å². The number of carbonyl (C=O) groups excluding carboxylic acids is 1. The molecule has 1 amide bonds. The number of benzene rings is 1. The summed E-state index contributed by atoms with van der Waals surface area (Å²) in [7, 11) is -3.73. The molecule has 0 saturated heterocycles. The predicted octanol–water partition coefficient (Wildman–Crippen LogP) is 3.22. The number of amides is 1. The average molecular weight is 352 g/mol. The zero-order valence-electron chi connectivity index (χ0n) is 13.6. The predicted molar refractivity (Wildman–Crippen MR) is 93.8 cm³/mol. The molecule has 7 heteroatoms. The Morgan fingerprint density at radius 2 is 1.87 bits per heavy atom. The van der Waals surface area contributed by atoms with Gasteiger partial charge in [-0.2, -0.15) is 0 Å². The van der Waals surface area contributed by atoms with Gasteiger partial charge in [0.1, 0.15) is 4.90 Å². The first-order chi connectivity index (χ1) is 10.7. The van der Waals surface area contributed by atoms with Gasteiger partial charge in [0.2, 0.25) is 0 Å². The Labute approximate surface area is 140 Å². The fraction of sp³-hybridized carbons (Fsp3) is 0.312. The Hall–Kier alpha value is -1.86. The lowest BCUT2D eigenvalue weighted by molar-refractivity contribution is 0.0959. The van der Waals surface area contributed by atoms with Crippen molar-refractivity contribution in [2.45, 2.75) is 32.6 Å². The van der Waals surface area contributed by atoms with Crippen molar-refractivity contribution in [1.82, 2.24) is 5.32 Å². The molecule has 0 aliphatic carbocycles. The molecule has 0 aliphatic rings. The number of hydrogen-bond acceptors (Lipinski definition) is 4. The van der Waals surface area contributed by atoms with Crippen LogP contribution in [0.2, 0.25) is 0 Å². The highest BCUT2D eigenvalue weighted by Crippen LogP contribution is 2.28. The number of hydrogen-bond donors (Lipinski definition) is 2. The van der Waals surface area contributed by atoms with Crippen molar-refractivity contribution in [2.24, 2.45) is 0 Å². The molecule has 1 aromatic heterocycles. The van der Waals surface area contributed by atoms with Crippen LogP contribution >= 0.6 is 11.3 Å². The molecule has 2 N–H and O–H groups in total. The summed E-state index contributed by atoms with van der Waals surface area (Å²) in [4.78, 5) is 13.0. The van der Waals surface area contributed by atoms with Crippen molar-refractivity contribution in [1.29, 1.82) is 0 Å². The van der Waals surface area contributed by atoms with Crippen molar-refractivity contribution >= 4 is 33.0 Å². The van der Waals surface area contributed by atoms with E-state index in [-0.39, 0.29) is 10.8 Å². The molecule has 0 aliphatic heterocycles. The Morgan fingerprint density at radius 1 is 1.17 bits per heavy atom. The molecule has 0 spiro atoms. The van der Waals surface area contributed by atoms with E-state index in [9.17, 15) is 13.2 Å². The normalized spacial score (nSPS) is 11.3. The largest absolute Gasteiger partial charge is 0.352 e. The molecule has 0 radical (unpaired) electrons. The monoisotopic (exact) mass is 352 g/mol. The van der Waals surface area contributed by atoms with Gasteiger partial charge in [-0.25, -0.2) is 8.42 Å². The first kappa shape index (κ1) is 17.5. The van der Waals surface area contributed by atoms with E-state index in [1.54, 1.807) is 13.0 Å². The Kier molecular flexibility index (Phi) is 5.11. The maximum absolute atomic E-state index is 12.6. The van der Waals surface area contributed by atoms with Crippen molar-refractivity contribution in [2.75, 3.05) is 11.3 Å². The van der Waals surface area contributed by atoms with Gasteiger partial charge in [-0.3, -0.25) is 9.52 Å². The van der Waals surface area contributed by atoms with Gasteiger partial charge in [-0.05, 0) is 45.4 Å². The number of sulfonamides is 1. The minimum absolute atomic E-state index is 0.142. The molecule has 5 nitrogen and oxygen atoms in total. The molecule has 0 atom stereocenters. The van der Waals surface area contributed by atoms with Gasteiger partial charge in [-0.1, -0.05) is 17.7 Å². The van der Waals surface area contributed by atoms with Crippen LogP contribution in [0.4, 0.5) is 5.69 Å². The molecule has 1 aromatic carbocycles. The van der Waals surface area contributed by atoms with Gasteiger partial charge < -0.3 is 5.32 Å². The molecule has 0 fully saturated rings. The Bertz CT molecular complexity index is 839. The fourth-order valence-electron chi connectivity index (χ4n) is 2.22. The van der Waals surface area contributed by atoms with Gasteiger partial charge in [0.05, 0.1) is 10.6 Å². The summed E-state index contributed by atoms with van der Waals surface area (Å²) in [5, 5.41) is 2.68. The van der Waals surface area contributed by atoms with E-state index in [1.807, 2.05) is 32.9 Å². The van der Waals surface area contributed by atoms with E-state index >= 15 is 0 Å². The van der Waals surface area contributed by atoms with Gasteiger partial charge in [-0.15, -0.1) is 11.3 Å². The number of rotatable bonds is 5. The van der Waals surface area contributed by atoms with Crippen LogP contribution in [-0.4, -0.2) is 20.9 Å². The van der Waals surface area contributed by atoms with Crippen molar-refractivity contribution in [3.05, 3.63) is 45.1 Å². The number of nitrogens with one attached hydrogen (secondary N) is 2. The van der Waals surface area contributed by atoms with E-state index in [2.05, 4.69) is 10.0 Å². The van der Waals surface area contributed by atoms with E-state index in [0.29, 0.717) is 22.0 Å². The van der Waals surface area contributed by atoms with Crippen LogP contribution in [0.25, 0.3) is 0 Å². The Balaban J connectivity index is 2.34. The molecular formula is C16H20N2O3S2. The van der Waals surface area contributed by atoms with Crippen LogP contribution in [0.15, 0.2) is 29.2 Å². The van der Waals surface area contributed by atoms with E-state index in [1.165, 1.54) is 17.4 Å². The van der Waals surface area contributed by atoms with Crippen LogP contribution < -0.4 is 10.0 Å². The second-order valence-electron chi connectivity index (χ2n) is 5.31. The first-order valence-electron chi connectivity index (χ1n) is 7.23. The topological polar surface area (TPSA) is 75.3 Å². The number of aryl methyl sites for hydroxylation is 3. The quantitative estimate of drug-likeness (QED) is 0.867. The van der Waals surface area contributed by atoms with Gasteiger partial charge >= 0.3 is 0 Å². The minimum atomic E-state index is -3.73.